The molecule has 154 valence electrons. The van der Waals surface area contributed by atoms with Gasteiger partial charge in [0, 0.05) is 37.9 Å². The molecule has 0 unspecified atom stereocenters. The van der Waals surface area contributed by atoms with Gasteiger partial charge in [-0.25, -0.2) is 0 Å². The highest BCUT2D eigenvalue weighted by Crippen LogP contribution is 2.28. The van der Waals surface area contributed by atoms with Crippen LogP contribution in [0, 0.1) is 0 Å². The summed E-state index contributed by atoms with van der Waals surface area (Å²) < 4.78 is 11.2. The lowest BCUT2D eigenvalue weighted by Crippen LogP contribution is -2.39. The Morgan fingerprint density at radius 2 is 2.28 bits per heavy atom. The number of carbonyl (C=O) groups excluding carboxylic acids is 1. The number of hydrogen-bond acceptors (Lipinski definition) is 5. The number of phenolic OH excluding ortho intramolecular Hbond substituents is 1. The summed E-state index contributed by atoms with van der Waals surface area (Å²) in [6, 6.07) is 9.01. The van der Waals surface area contributed by atoms with E-state index < -0.39 is 0 Å². The van der Waals surface area contributed by atoms with Crippen LogP contribution in [0.2, 0.25) is 0 Å². The molecule has 1 fully saturated rings. The van der Waals surface area contributed by atoms with E-state index in [-0.39, 0.29) is 17.4 Å². The summed E-state index contributed by atoms with van der Waals surface area (Å²) in [6.07, 6.45) is 5.18. The first-order valence-electron chi connectivity index (χ1n) is 9.58. The average molecular weight is 415 g/mol. The molecule has 0 spiro atoms. The molecule has 1 aliphatic heterocycles. The molecule has 0 aliphatic carbocycles. The molecule has 1 aromatic carbocycles. The fourth-order valence-corrected chi connectivity index (χ4v) is 4.33. The molecule has 1 saturated heterocycles. The van der Waals surface area contributed by atoms with Gasteiger partial charge in [0.05, 0.1) is 22.9 Å². The number of carbonyl (C=O) groups is 1. The first-order valence-corrected chi connectivity index (χ1v) is 10.6. The topological polar surface area (TPSA) is 71.9 Å². The number of phenols is 1. The number of ether oxygens (including phenoxy) is 2. The van der Waals surface area contributed by atoms with E-state index in [0.29, 0.717) is 25.2 Å². The van der Waals surface area contributed by atoms with Crippen LogP contribution in [0.15, 0.2) is 36.5 Å². The van der Waals surface area contributed by atoms with Crippen molar-refractivity contribution < 1.29 is 19.4 Å². The monoisotopic (exact) mass is 414 g/mol. The largest absolute Gasteiger partial charge is 0.507 e. The van der Waals surface area contributed by atoms with Crippen molar-refractivity contribution in [1.82, 2.24) is 9.88 Å². The number of methoxy groups -OCH3 is 1. The van der Waals surface area contributed by atoms with Crippen molar-refractivity contribution in [3.05, 3.63) is 53.3 Å². The van der Waals surface area contributed by atoms with Gasteiger partial charge in [-0.3, -0.25) is 14.7 Å². The summed E-state index contributed by atoms with van der Waals surface area (Å²) in [6.45, 7) is 1.94. The van der Waals surface area contributed by atoms with Crippen molar-refractivity contribution in [2.75, 3.05) is 26.9 Å². The van der Waals surface area contributed by atoms with E-state index in [2.05, 4.69) is 21.8 Å². The van der Waals surface area contributed by atoms with Crippen LogP contribution in [0.25, 0.3) is 0 Å². The fourth-order valence-electron chi connectivity index (χ4n) is 3.59. The summed E-state index contributed by atoms with van der Waals surface area (Å²) in [5, 5.41) is 9.86. The third-order valence-corrected chi connectivity index (χ3v) is 5.76. The number of benzene rings is 1. The molecule has 6 nitrogen and oxygen atoms in total. The molecule has 1 atom stereocenters. The molecule has 0 saturated carbocycles. The van der Waals surface area contributed by atoms with Crippen molar-refractivity contribution in [2.24, 2.45) is 0 Å². The highest BCUT2D eigenvalue weighted by atomic mass is 32.1. The Bertz CT molecular complexity index is 911. The molecule has 29 heavy (non-hydrogen) atoms. The molecule has 0 radical (unpaired) electrons. The molecular formula is C22H26N2O4S. The second-order valence-corrected chi connectivity index (χ2v) is 7.47. The number of aromatic nitrogens is 1. The molecule has 7 heteroatoms. The highest BCUT2D eigenvalue weighted by Gasteiger charge is 2.30. The lowest BCUT2D eigenvalue weighted by Gasteiger charge is -2.27. The second kappa shape index (κ2) is 10.3. The van der Waals surface area contributed by atoms with E-state index in [1.807, 2.05) is 6.07 Å². The zero-order valence-corrected chi connectivity index (χ0v) is 17.4. The van der Waals surface area contributed by atoms with Gasteiger partial charge >= 0.3 is 0 Å². The number of hydrogen-bond donors (Lipinski definition) is 1. The maximum absolute atomic E-state index is 11.3. The number of aromatic hydroxyl groups is 1. The van der Waals surface area contributed by atoms with Crippen LogP contribution in [0.5, 0.6) is 11.5 Å². The van der Waals surface area contributed by atoms with E-state index in [0.717, 1.165) is 42.1 Å². The van der Waals surface area contributed by atoms with Crippen LogP contribution in [-0.4, -0.2) is 65.0 Å². The summed E-state index contributed by atoms with van der Waals surface area (Å²) in [4.78, 5) is 19.2. The number of aldehydes is 1. The Morgan fingerprint density at radius 1 is 1.41 bits per heavy atom. The Balaban J connectivity index is 1.79. The maximum atomic E-state index is 11.3. The highest BCUT2D eigenvalue weighted by molar-refractivity contribution is 7.96. The van der Waals surface area contributed by atoms with Gasteiger partial charge in [0.15, 0.2) is 6.29 Å². The Hall–Kier alpha value is -2.48. The van der Waals surface area contributed by atoms with Crippen LogP contribution >= 0.6 is 10.9 Å². The van der Waals surface area contributed by atoms with Gasteiger partial charge < -0.3 is 14.6 Å². The standard InChI is InChI=1S/C22H26N2O4S/c1-27-13-10-19-17(7-4-11-23-19)22(29-2)24-12-5-6-16(24)15-28-21-9-3-8-20(26)18(21)14-25/h3-4,7-9,11,14,16,26H,2,5-6,10,12-13,15H2,1H3/t16-/m0/s1. The van der Waals surface area contributed by atoms with Gasteiger partial charge in [-0.2, -0.15) is 0 Å². The van der Waals surface area contributed by atoms with E-state index in [1.54, 1.807) is 25.4 Å². The van der Waals surface area contributed by atoms with Crippen molar-refractivity contribution in [3.8, 4) is 11.5 Å². The molecule has 1 aromatic heterocycles. The fraction of sp³-hybridized carbons (Fsp3) is 0.364. The smallest absolute Gasteiger partial charge is 0.157 e. The maximum Gasteiger partial charge on any atom is 0.157 e. The summed E-state index contributed by atoms with van der Waals surface area (Å²) in [5.74, 6) is 4.41. The minimum absolute atomic E-state index is 0.0699. The summed E-state index contributed by atoms with van der Waals surface area (Å²) in [7, 11) is 3.15. The molecule has 0 amide bonds. The first kappa shape index (κ1) is 21.2. The third-order valence-electron chi connectivity index (χ3n) is 5.03. The normalized spacial score (nSPS) is 16.5. The SMILES string of the molecule is C=S=C(c1cccnc1CCOC)N1CCC[C@H]1COc1cccc(O)c1C=O. The van der Waals surface area contributed by atoms with Gasteiger partial charge in [0.1, 0.15) is 18.1 Å². The number of likely N-dealkylation sites (tertiary alicyclic amines) is 1. The molecule has 2 heterocycles. The van der Waals surface area contributed by atoms with Crippen LogP contribution in [-0.2, 0) is 11.2 Å². The van der Waals surface area contributed by atoms with Crippen molar-refractivity contribution >= 4 is 28.1 Å². The zero-order chi connectivity index (χ0) is 20.6. The molecular weight excluding hydrogens is 388 g/mol. The van der Waals surface area contributed by atoms with Crippen LogP contribution < -0.4 is 4.74 Å². The Morgan fingerprint density at radius 3 is 3.03 bits per heavy atom. The minimum Gasteiger partial charge on any atom is -0.507 e. The number of rotatable bonds is 8. The molecule has 2 aromatic rings. The Kier molecular flexibility index (Phi) is 7.57. The van der Waals surface area contributed by atoms with E-state index >= 15 is 0 Å². The minimum atomic E-state index is -0.0699. The lowest BCUT2D eigenvalue weighted by atomic mass is 10.1. The average Bonchev–Trinajstić information content (AvgIpc) is 3.20. The van der Waals surface area contributed by atoms with E-state index in [9.17, 15) is 9.90 Å². The van der Waals surface area contributed by atoms with Crippen LogP contribution in [0.4, 0.5) is 0 Å². The summed E-state index contributed by atoms with van der Waals surface area (Å²) >= 11 is 0. The molecule has 1 aliphatic rings. The zero-order valence-electron chi connectivity index (χ0n) is 16.5. The summed E-state index contributed by atoms with van der Waals surface area (Å²) in [5.41, 5.74) is 2.24. The quantitative estimate of drug-likeness (QED) is 0.529. The van der Waals surface area contributed by atoms with E-state index in [1.165, 1.54) is 17.0 Å². The van der Waals surface area contributed by atoms with Crippen LogP contribution in [0.1, 0.15) is 34.5 Å². The number of nitrogens with zero attached hydrogens (tertiary/aromatic N) is 2. The van der Waals surface area contributed by atoms with Crippen molar-refractivity contribution in [1.29, 1.82) is 0 Å². The third kappa shape index (κ3) is 4.93. The van der Waals surface area contributed by atoms with Gasteiger partial charge in [-0.15, -0.1) is 10.9 Å². The number of pyridine rings is 1. The Labute approximate surface area is 174 Å². The first-order chi connectivity index (χ1) is 14.2. The molecule has 0 bridgehead atoms. The van der Waals surface area contributed by atoms with Crippen molar-refractivity contribution in [2.45, 2.75) is 25.3 Å². The second-order valence-electron chi connectivity index (χ2n) is 6.80. The predicted octanol–water partition coefficient (Wildman–Crippen LogP) is 2.98. The van der Waals surface area contributed by atoms with E-state index in [4.69, 9.17) is 9.47 Å². The predicted molar refractivity (Wildman–Crippen MR) is 117 cm³/mol. The van der Waals surface area contributed by atoms with Gasteiger partial charge in [0.25, 0.3) is 0 Å². The van der Waals surface area contributed by atoms with Gasteiger partial charge in [-0.1, -0.05) is 6.07 Å². The lowest BCUT2D eigenvalue weighted by molar-refractivity contribution is 0.111. The molecule has 1 N–H and O–H groups in total. The van der Waals surface area contributed by atoms with Gasteiger partial charge in [-0.05, 0) is 43.0 Å². The van der Waals surface area contributed by atoms with Crippen molar-refractivity contribution in [3.63, 3.8) is 0 Å². The van der Waals surface area contributed by atoms with Crippen LogP contribution in [0.3, 0.4) is 0 Å². The molecule has 3 rings (SSSR count). The van der Waals surface area contributed by atoms with Gasteiger partial charge in [0.2, 0.25) is 0 Å².